The van der Waals surface area contributed by atoms with E-state index in [0.717, 1.165) is 12.3 Å². The van der Waals surface area contributed by atoms with Crippen LogP contribution in [-0.4, -0.2) is 22.2 Å². The summed E-state index contributed by atoms with van der Waals surface area (Å²) in [4.78, 5) is 24.8. The molecule has 1 heterocycles. The van der Waals surface area contributed by atoms with E-state index in [4.69, 9.17) is 5.73 Å². The lowest BCUT2D eigenvalue weighted by molar-refractivity contribution is -0.380. The van der Waals surface area contributed by atoms with Crippen molar-refractivity contribution in [2.75, 3.05) is 0 Å². The highest BCUT2D eigenvalue weighted by molar-refractivity contribution is 7.18. The molecule has 22 heavy (non-hydrogen) atoms. The fourth-order valence-electron chi connectivity index (χ4n) is 1.60. The Morgan fingerprint density at radius 3 is 2.59 bits per heavy atom. The predicted octanol–water partition coefficient (Wildman–Crippen LogP) is 2.72. The fraction of sp³-hybridized carbons (Fsp3) is 0.0909. The van der Waals surface area contributed by atoms with Crippen LogP contribution in [0.3, 0.4) is 0 Å². The van der Waals surface area contributed by atoms with E-state index in [1.807, 2.05) is 0 Å². The lowest BCUT2D eigenvalue weighted by atomic mass is 10.1. The number of hydrogen-bond acceptors (Lipinski definition) is 6. The summed E-state index contributed by atoms with van der Waals surface area (Å²) in [5.74, 6) is -1.97. The first-order valence-electron chi connectivity index (χ1n) is 5.48. The van der Waals surface area contributed by atoms with Gasteiger partial charge in [0, 0.05) is 0 Å². The molecular formula is C11H6F3N3O4S. The van der Waals surface area contributed by atoms with Crippen molar-refractivity contribution in [3.8, 4) is 16.3 Å². The van der Waals surface area contributed by atoms with Crippen molar-refractivity contribution in [3.63, 3.8) is 0 Å². The van der Waals surface area contributed by atoms with E-state index in [-0.39, 0.29) is 15.6 Å². The van der Waals surface area contributed by atoms with Crippen molar-refractivity contribution in [1.29, 1.82) is 0 Å². The molecule has 1 aromatic carbocycles. The van der Waals surface area contributed by atoms with E-state index in [0.29, 0.717) is 11.3 Å². The molecule has 0 radical (unpaired) electrons. The summed E-state index contributed by atoms with van der Waals surface area (Å²) >= 11 is 0.545. The van der Waals surface area contributed by atoms with Crippen LogP contribution in [0.2, 0.25) is 0 Å². The Morgan fingerprint density at radius 2 is 2.09 bits per heavy atom. The molecular weight excluding hydrogens is 327 g/mol. The van der Waals surface area contributed by atoms with Crippen molar-refractivity contribution >= 4 is 22.2 Å². The number of carbonyl (C=O) groups excluding carboxylic acids is 1. The molecule has 0 fully saturated rings. The Hall–Kier alpha value is -2.69. The average Bonchev–Trinajstić information content (AvgIpc) is 2.86. The third kappa shape index (κ3) is 3.31. The highest BCUT2D eigenvalue weighted by atomic mass is 32.1. The Bertz CT molecular complexity index is 744. The summed E-state index contributed by atoms with van der Waals surface area (Å²) in [6, 6.07) is 3.51. The molecule has 0 aliphatic heterocycles. The summed E-state index contributed by atoms with van der Waals surface area (Å²) in [7, 11) is 0. The molecule has 7 nitrogen and oxygen atoms in total. The van der Waals surface area contributed by atoms with Crippen LogP contribution in [0.5, 0.6) is 5.75 Å². The van der Waals surface area contributed by atoms with Crippen LogP contribution < -0.4 is 10.5 Å². The normalized spacial score (nSPS) is 11.2. The summed E-state index contributed by atoms with van der Waals surface area (Å²) in [5, 5.41) is 10.2. The van der Waals surface area contributed by atoms with Crippen LogP contribution in [0.25, 0.3) is 10.6 Å². The number of ether oxygens (including phenoxy) is 1. The second-order valence-electron chi connectivity index (χ2n) is 3.86. The molecule has 1 aromatic heterocycles. The maximum Gasteiger partial charge on any atom is 0.573 e. The number of amides is 1. The van der Waals surface area contributed by atoms with Gasteiger partial charge in [0.2, 0.25) is 0 Å². The maximum absolute atomic E-state index is 12.5. The SMILES string of the molecule is NC(=O)c1cccc(-c2ncc([N+](=O)[O-])s2)c1OC(F)(F)F. The molecule has 2 aromatic rings. The van der Waals surface area contributed by atoms with Gasteiger partial charge in [0.25, 0.3) is 5.91 Å². The summed E-state index contributed by atoms with van der Waals surface area (Å²) in [6.45, 7) is 0. The van der Waals surface area contributed by atoms with E-state index in [1.165, 1.54) is 12.1 Å². The van der Waals surface area contributed by atoms with Gasteiger partial charge in [-0.15, -0.1) is 13.2 Å². The van der Waals surface area contributed by atoms with E-state index in [1.54, 1.807) is 0 Å². The largest absolute Gasteiger partial charge is 0.573 e. The van der Waals surface area contributed by atoms with Gasteiger partial charge >= 0.3 is 11.4 Å². The van der Waals surface area contributed by atoms with Crippen LogP contribution in [0.1, 0.15) is 10.4 Å². The highest BCUT2D eigenvalue weighted by Gasteiger charge is 2.34. The number of nitrogens with two attached hydrogens (primary N) is 1. The minimum absolute atomic E-state index is 0.103. The molecule has 2 N–H and O–H groups in total. The molecule has 0 unspecified atom stereocenters. The number of hydrogen-bond donors (Lipinski definition) is 1. The summed E-state index contributed by atoms with van der Waals surface area (Å²) in [5.41, 5.74) is 4.30. The Morgan fingerprint density at radius 1 is 1.41 bits per heavy atom. The highest BCUT2D eigenvalue weighted by Crippen LogP contribution is 2.39. The van der Waals surface area contributed by atoms with Gasteiger partial charge in [0.1, 0.15) is 11.2 Å². The first-order chi connectivity index (χ1) is 10.2. The molecule has 11 heteroatoms. The number of carbonyl (C=O) groups is 1. The number of thiazole rings is 1. The van der Waals surface area contributed by atoms with Gasteiger partial charge in [0.05, 0.1) is 16.1 Å². The average molecular weight is 333 g/mol. The van der Waals surface area contributed by atoms with E-state index in [2.05, 4.69) is 9.72 Å². The topological polar surface area (TPSA) is 108 Å². The van der Waals surface area contributed by atoms with Crippen molar-refractivity contribution in [2.45, 2.75) is 6.36 Å². The lowest BCUT2D eigenvalue weighted by Crippen LogP contribution is -2.21. The van der Waals surface area contributed by atoms with Crippen molar-refractivity contribution in [1.82, 2.24) is 4.98 Å². The molecule has 0 bridgehead atoms. The van der Waals surface area contributed by atoms with E-state index < -0.39 is 28.5 Å². The molecule has 2 rings (SSSR count). The van der Waals surface area contributed by atoms with Crippen molar-refractivity contribution < 1.29 is 27.6 Å². The van der Waals surface area contributed by atoms with Gasteiger partial charge in [0.15, 0.2) is 5.75 Å². The molecule has 0 spiro atoms. The Balaban J connectivity index is 2.61. The number of halogens is 3. The van der Waals surface area contributed by atoms with Crippen LogP contribution in [0.15, 0.2) is 24.4 Å². The quantitative estimate of drug-likeness (QED) is 0.683. The lowest BCUT2D eigenvalue weighted by Gasteiger charge is -2.14. The zero-order chi connectivity index (χ0) is 16.5. The number of para-hydroxylation sites is 1. The number of benzene rings is 1. The van der Waals surface area contributed by atoms with Crippen LogP contribution in [0.4, 0.5) is 18.2 Å². The summed E-state index contributed by atoms with van der Waals surface area (Å²) in [6.07, 6.45) is -4.17. The molecule has 0 atom stereocenters. The smallest absolute Gasteiger partial charge is 0.404 e. The van der Waals surface area contributed by atoms with Gasteiger partial charge in [-0.2, -0.15) is 0 Å². The monoisotopic (exact) mass is 333 g/mol. The number of nitrogens with zero attached hydrogens (tertiary/aromatic N) is 2. The standard InChI is InChI=1S/C11H6F3N3O4S/c12-11(13,14)21-8-5(9(15)18)2-1-3-6(8)10-16-4-7(22-10)17(19)20/h1-4H,(H2,15,18). The predicted molar refractivity (Wildman–Crippen MR) is 69.4 cm³/mol. The minimum atomic E-state index is -5.07. The Kier molecular flexibility index (Phi) is 3.99. The van der Waals surface area contributed by atoms with Gasteiger partial charge < -0.3 is 10.5 Å². The fourth-order valence-corrected chi connectivity index (χ4v) is 2.35. The zero-order valence-corrected chi connectivity index (χ0v) is 11.3. The first kappa shape index (κ1) is 15.7. The van der Waals surface area contributed by atoms with Crippen molar-refractivity contribution in [2.24, 2.45) is 5.73 Å². The first-order valence-corrected chi connectivity index (χ1v) is 6.30. The third-order valence-electron chi connectivity index (χ3n) is 2.40. The number of rotatable bonds is 4. The van der Waals surface area contributed by atoms with Crippen LogP contribution in [0, 0.1) is 10.1 Å². The number of alkyl halides is 3. The number of aromatic nitrogens is 1. The second-order valence-corrected chi connectivity index (χ2v) is 4.86. The molecule has 1 amide bonds. The second kappa shape index (κ2) is 5.60. The van der Waals surface area contributed by atoms with Gasteiger partial charge in [-0.05, 0) is 23.5 Å². The van der Waals surface area contributed by atoms with Crippen LogP contribution in [-0.2, 0) is 0 Å². The molecule has 0 aliphatic carbocycles. The Labute approximate surface area is 124 Å². The van der Waals surface area contributed by atoms with Gasteiger partial charge in [-0.1, -0.05) is 6.07 Å². The summed E-state index contributed by atoms with van der Waals surface area (Å²) < 4.78 is 41.4. The number of nitro groups is 1. The third-order valence-corrected chi connectivity index (χ3v) is 3.38. The molecule has 0 saturated heterocycles. The molecule has 116 valence electrons. The minimum Gasteiger partial charge on any atom is -0.404 e. The number of primary amides is 1. The molecule has 0 saturated carbocycles. The van der Waals surface area contributed by atoms with Crippen LogP contribution >= 0.6 is 11.3 Å². The zero-order valence-electron chi connectivity index (χ0n) is 10.5. The van der Waals surface area contributed by atoms with E-state index in [9.17, 15) is 28.1 Å². The maximum atomic E-state index is 12.5. The molecule has 0 aliphatic rings. The van der Waals surface area contributed by atoms with Gasteiger partial charge in [-0.3, -0.25) is 14.9 Å². The van der Waals surface area contributed by atoms with Gasteiger partial charge in [-0.25, -0.2) is 4.98 Å². The van der Waals surface area contributed by atoms with Crippen molar-refractivity contribution in [3.05, 3.63) is 40.1 Å². The van der Waals surface area contributed by atoms with E-state index >= 15 is 0 Å².